The molecule has 0 aliphatic heterocycles. The first-order valence-electron chi connectivity index (χ1n) is 14.2. The van der Waals surface area contributed by atoms with Crippen molar-refractivity contribution in [1.82, 2.24) is 0 Å². The topological polar surface area (TPSA) is 110 Å². The SMILES string of the molecule is CC(=O)OCC(=O)[C@@]1(O[C@@H](O)C2CCCCC2)CCC2C3CCC4=CC(=O)C=CC4(C)C3[C@@H](O)C[C@@]21C. The van der Waals surface area contributed by atoms with E-state index in [0.29, 0.717) is 12.8 Å². The van der Waals surface area contributed by atoms with Crippen LogP contribution in [-0.2, 0) is 23.9 Å². The van der Waals surface area contributed by atoms with Gasteiger partial charge in [-0.25, -0.2) is 0 Å². The van der Waals surface area contributed by atoms with E-state index < -0.39 is 41.4 Å². The first kappa shape index (κ1) is 26.8. The smallest absolute Gasteiger partial charge is 0.303 e. The van der Waals surface area contributed by atoms with Crippen molar-refractivity contribution in [1.29, 1.82) is 0 Å². The minimum absolute atomic E-state index is 0.00196. The molecule has 0 amide bonds. The molecule has 7 nitrogen and oxygen atoms in total. The highest BCUT2D eigenvalue weighted by molar-refractivity contribution is 6.01. The van der Waals surface area contributed by atoms with Gasteiger partial charge in [-0.15, -0.1) is 0 Å². The lowest BCUT2D eigenvalue weighted by atomic mass is 9.46. The molecular weight excluding hydrogens is 472 g/mol. The van der Waals surface area contributed by atoms with Crippen LogP contribution in [0.5, 0.6) is 0 Å². The van der Waals surface area contributed by atoms with E-state index >= 15 is 0 Å². The van der Waals surface area contributed by atoms with Gasteiger partial charge in [0.25, 0.3) is 0 Å². The number of fused-ring (bicyclic) bond motifs is 5. The molecule has 0 spiro atoms. The molecule has 0 aromatic rings. The number of carbonyl (C=O) groups is 3. The lowest BCUT2D eigenvalue weighted by molar-refractivity contribution is -0.255. The molecule has 0 aromatic carbocycles. The number of hydrogen-bond acceptors (Lipinski definition) is 7. The normalized spacial score (nSPS) is 42.3. The number of carbonyl (C=O) groups excluding carboxylic acids is 3. The van der Waals surface area contributed by atoms with Crippen molar-refractivity contribution in [2.24, 2.45) is 34.5 Å². The van der Waals surface area contributed by atoms with Gasteiger partial charge in [-0.05, 0) is 68.9 Å². The number of aliphatic hydroxyl groups excluding tert-OH is 2. The van der Waals surface area contributed by atoms with Gasteiger partial charge in [-0.1, -0.05) is 44.8 Å². The van der Waals surface area contributed by atoms with E-state index in [0.717, 1.165) is 56.9 Å². The average molecular weight is 515 g/mol. The summed E-state index contributed by atoms with van der Waals surface area (Å²) in [5.74, 6) is -0.684. The quantitative estimate of drug-likeness (QED) is 0.406. The third-order valence-electron chi connectivity index (χ3n) is 10.8. The van der Waals surface area contributed by atoms with Crippen LogP contribution >= 0.6 is 0 Å². The van der Waals surface area contributed by atoms with Gasteiger partial charge in [-0.2, -0.15) is 0 Å². The van der Waals surface area contributed by atoms with Crippen molar-refractivity contribution in [3.05, 3.63) is 23.8 Å². The summed E-state index contributed by atoms with van der Waals surface area (Å²) in [6, 6.07) is 0. The maximum Gasteiger partial charge on any atom is 0.303 e. The summed E-state index contributed by atoms with van der Waals surface area (Å²) < 4.78 is 11.7. The van der Waals surface area contributed by atoms with Crippen LogP contribution in [0.25, 0.3) is 0 Å². The molecule has 0 saturated heterocycles. The summed E-state index contributed by atoms with van der Waals surface area (Å²) in [6.45, 7) is 5.05. The number of rotatable bonds is 6. The second-order valence-electron chi connectivity index (χ2n) is 12.7. The summed E-state index contributed by atoms with van der Waals surface area (Å²) in [7, 11) is 0. The van der Waals surface area contributed by atoms with Crippen LogP contribution in [0.3, 0.4) is 0 Å². The molecule has 2 N–H and O–H groups in total. The molecule has 5 rings (SSSR count). The fraction of sp³-hybridized carbons (Fsp3) is 0.767. The van der Waals surface area contributed by atoms with Gasteiger partial charge in [0.1, 0.15) is 5.60 Å². The van der Waals surface area contributed by atoms with Gasteiger partial charge in [0.05, 0.1) is 6.10 Å². The van der Waals surface area contributed by atoms with Crippen molar-refractivity contribution in [3.63, 3.8) is 0 Å². The van der Waals surface area contributed by atoms with Crippen LogP contribution in [0.15, 0.2) is 23.8 Å². The van der Waals surface area contributed by atoms with E-state index in [-0.39, 0.29) is 35.2 Å². The van der Waals surface area contributed by atoms with Crippen LogP contribution in [0.1, 0.15) is 85.0 Å². The number of aliphatic hydroxyl groups is 2. The molecule has 0 heterocycles. The Morgan fingerprint density at radius 3 is 2.57 bits per heavy atom. The zero-order chi connectivity index (χ0) is 26.6. The number of esters is 1. The minimum Gasteiger partial charge on any atom is -0.458 e. The fourth-order valence-electron chi connectivity index (χ4n) is 9.04. The number of Topliss-reactive ketones (excluding diaryl/α,β-unsaturated/α-hetero) is 1. The largest absolute Gasteiger partial charge is 0.458 e. The summed E-state index contributed by atoms with van der Waals surface area (Å²) in [4.78, 5) is 37.6. The van der Waals surface area contributed by atoms with Crippen molar-refractivity contribution < 1.29 is 34.1 Å². The Balaban J connectivity index is 1.49. The van der Waals surface area contributed by atoms with Gasteiger partial charge in [0.2, 0.25) is 5.78 Å². The molecule has 37 heavy (non-hydrogen) atoms. The van der Waals surface area contributed by atoms with Crippen LogP contribution in [0.2, 0.25) is 0 Å². The number of allylic oxidation sites excluding steroid dienone is 4. The Kier molecular flexibility index (Phi) is 7.04. The Morgan fingerprint density at radius 2 is 1.86 bits per heavy atom. The maximum absolute atomic E-state index is 13.9. The second-order valence-corrected chi connectivity index (χ2v) is 12.7. The lowest BCUT2D eigenvalue weighted by Gasteiger charge is -2.60. The van der Waals surface area contributed by atoms with E-state index in [4.69, 9.17) is 9.47 Å². The minimum atomic E-state index is -1.33. The van der Waals surface area contributed by atoms with E-state index in [9.17, 15) is 24.6 Å². The maximum atomic E-state index is 13.9. The van der Waals surface area contributed by atoms with Gasteiger partial charge < -0.3 is 19.7 Å². The molecule has 5 aliphatic rings. The van der Waals surface area contributed by atoms with E-state index in [1.807, 2.05) is 13.0 Å². The van der Waals surface area contributed by atoms with Crippen molar-refractivity contribution in [2.45, 2.75) is 103 Å². The van der Waals surface area contributed by atoms with Crippen molar-refractivity contribution in [2.75, 3.05) is 6.61 Å². The summed E-state index contributed by atoms with van der Waals surface area (Å²) >= 11 is 0. The highest BCUT2D eigenvalue weighted by Gasteiger charge is 2.69. The number of ketones is 2. The van der Waals surface area contributed by atoms with Crippen molar-refractivity contribution in [3.8, 4) is 0 Å². The number of hydrogen-bond donors (Lipinski definition) is 2. The highest BCUT2D eigenvalue weighted by Crippen LogP contribution is 2.68. The Bertz CT molecular complexity index is 1010. The Hall–Kier alpha value is -1.83. The Labute approximate surface area is 219 Å². The van der Waals surface area contributed by atoms with Gasteiger partial charge >= 0.3 is 5.97 Å². The second kappa shape index (κ2) is 9.73. The third kappa shape index (κ3) is 4.25. The molecule has 8 atom stereocenters. The highest BCUT2D eigenvalue weighted by atomic mass is 16.6. The monoisotopic (exact) mass is 514 g/mol. The molecular formula is C30H42O7. The van der Waals surface area contributed by atoms with E-state index in [1.54, 1.807) is 12.2 Å². The zero-order valence-corrected chi connectivity index (χ0v) is 22.4. The molecule has 4 fully saturated rings. The predicted octanol–water partition coefficient (Wildman–Crippen LogP) is 4.05. The van der Waals surface area contributed by atoms with Gasteiger partial charge in [0.15, 0.2) is 18.7 Å². The molecule has 204 valence electrons. The number of ether oxygens (including phenoxy) is 2. The van der Waals surface area contributed by atoms with Crippen molar-refractivity contribution >= 4 is 17.5 Å². The molecule has 0 bridgehead atoms. The summed E-state index contributed by atoms with van der Waals surface area (Å²) in [6.07, 6.45) is 11.6. The van der Waals surface area contributed by atoms with E-state index in [1.165, 1.54) is 6.92 Å². The molecule has 4 unspecified atom stereocenters. The summed E-state index contributed by atoms with van der Waals surface area (Å²) in [5, 5.41) is 23.0. The zero-order valence-electron chi connectivity index (χ0n) is 22.4. The van der Waals surface area contributed by atoms with Crippen LogP contribution in [0, 0.1) is 34.5 Å². The van der Waals surface area contributed by atoms with Gasteiger partial charge in [-0.3, -0.25) is 14.4 Å². The van der Waals surface area contributed by atoms with Crippen LogP contribution in [0.4, 0.5) is 0 Å². The predicted molar refractivity (Wildman–Crippen MR) is 136 cm³/mol. The fourth-order valence-corrected chi connectivity index (χ4v) is 9.04. The van der Waals surface area contributed by atoms with Crippen LogP contribution < -0.4 is 0 Å². The standard InChI is InChI=1S/C30H42O7/c1-18(31)36-17-25(34)30(37-27(35)19-7-5-4-6-8-19)14-12-23-22-10-9-20-15-21(32)11-13-28(20,2)26(22)24(33)16-29(23,30)3/h11,13,15,19,22-24,26-27,33,35H,4-10,12,14,16-17H2,1-3H3/t22?,23?,24-,26?,27+,28?,29-,30-/m0/s1. The first-order valence-corrected chi connectivity index (χ1v) is 14.2. The molecule has 0 aromatic heterocycles. The molecule has 5 aliphatic carbocycles. The molecule has 4 saturated carbocycles. The average Bonchev–Trinajstić information content (AvgIpc) is 3.15. The molecule has 7 heteroatoms. The third-order valence-corrected chi connectivity index (χ3v) is 10.8. The van der Waals surface area contributed by atoms with Crippen LogP contribution in [-0.4, -0.2) is 52.4 Å². The van der Waals surface area contributed by atoms with E-state index in [2.05, 4.69) is 6.92 Å². The first-order chi connectivity index (χ1) is 17.5. The Morgan fingerprint density at radius 1 is 1.14 bits per heavy atom. The lowest BCUT2D eigenvalue weighted by Crippen LogP contribution is -2.63. The summed E-state index contributed by atoms with van der Waals surface area (Å²) in [5.41, 5.74) is -1.35. The van der Waals surface area contributed by atoms with Gasteiger partial charge in [0, 0.05) is 29.6 Å². The molecule has 0 radical (unpaired) electrons.